The summed E-state index contributed by atoms with van der Waals surface area (Å²) >= 11 is 0. The van der Waals surface area contributed by atoms with Crippen LogP contribution in [0.5, 0.6) is 11.5 Å². The summed E-state index contributed by atoms with van der Waals surface area (Å²) in [4.78, 5) is 1.44. The van der Waals surface area contributed by atoms with E-state index in [0.717, 1.165) is 33.6 Å². The molecule has 0 saturated carbocycles. The summed E-state index contributed by atoms with van der Waals surface area (Å²) in [5.74, 6) is 1.72. The van der Waals surface area contributed by atoms with Gasteiger partial charge in [-0.3, -0.25) is 0 Å². The lowest BCUT2D eigenvalue weighted by molar-refractivity contribution is 0.0511. The fraction of sp³-hybridized carbons (Fsp3) is 0.507. The lowest BCUT2D eigenvalue weighted by Gasteiger charge is -2.25. The van der Waals surface area contributed by atoms with Gasteiger partial charge in [-0.2, -0.15) is 0 Å². The normalized spacial score (nSPS) is 12.8. The highest BCUT2D eigenvalue weighted by atomic mass is 32.2. The molecule has 0 heterocycles. The van der Waals surface area contributed by atoms with Crippen LogP contribution in [0, 0.1) is 0 Å². The Kier molecular flexibility index (Phi) is 42.2. The first-order valence-corrected chi connectivity index (χ1v) is 57.7. The van der Waals surface area contributed by atoms with Gasteiger partial charge in [-0.15, -0.1) is 0 Å². The van der Waals surface area contributed by atoms with Crippen molar-refractivity contribution in [2.24, 2.45) is 0 Å². The topological polar surface area (TPSA) is 263 Å². The maximum atomic E-state index is 12.5. The maximum absolute atomic E-state index is 12.5. The first-order valence-electron chi connectivity index (χ1n) is 34.9. The Morgan fingerprint density at radius 1 is 0.369 bits per heavy atom. The molecule has 580 valence electrons. The van der Waals surface area contributed by atoms with Crippen molar-refractivity contribution in [3.05, 3.63) is 157 Å². The highest BCUT2D eigenvalue weighted by molar-refractivity contribution is 7.92. The quantitative estimate of drug-likeness (QED) is 0.0256. The van der Waals surface area contributed by atoms with Crippen LogP contribution in [0.1, 0.15) is 67.7 Å². The summed E-state index contributed by atoms with van der Waals surface area (Å²) in [5, 5.41) is 4.01. The molecule has 0 aromatic heterocycles. The smallest absolute Gasteiger partial charge is 0.361 e. The van der Waals surface area contributed by atoms with Crippen molar-refractivity contribution >= 4 is 113 Å². The van der Waals surface area contributed by atoms with E-state index in [0.29, 0.717) is 103 Å². The summed E-state index contributed by atoms with van der Waals surface area (Å²) < 4.78 is 176. The number of rotatable bonds is 40. The van der Waals surface area contributed by atoms with E-state index in [-0.39, 0.29) is 35.6 Å². The number of sulfone groups is 5. The van der Waals surface area contributed by atoms with Crippen LogP contribution in [0.25, 0.3) is 21.5 Å². The zero-order valence-corrected chi connectivity index (χ0v) is 73.2. The van der Waals surface area contributed by atoms with E-state index in [2.05, 4.69) is 39.3 Å². The maximum Gasteiger partial charge on any atom is 0.361 e. The van der Waals surface area contributed by atoms with Crippen LogP contribution in [0.2, 0.25) is 70.5 Å². The molecule has 103 heavy (non-hydrogen) atoms. The van der Waals surface area contributed by atoms with Crippen molar-refractivity contribution in [3.8, 4) is 11.5 Å². The van der Waals surface area contributed by atoms with Crippen molar-refractivity contribution in [3.63, 3.8) is 0 Å². The first-order chi connectivity index (χ1) is 48.2. The highest BCUT2D eigenvalue weighted by Crippen LogP contribution is 2.26. The van der Waals surface area contributed by atoms with E-state index in [1.54, 1.807) is 97.8 Å². The SMILES string of the molecule is CCO[Si](C)(/C=C/CS(C)(=O)=O)OCC.CCO[Si](C)(C)/C=C/CS(=O)(=O)c1ccc2ccccc2c1.CCO[Si](C)(C)CCCS(=O)(=O)c1ccc(OCOC)cc1.CCO[Si](C)(C)CCCS(=O)(=O)c1ccc2ccccc2c1.CCO[Si](C)(CCCS(=O)(=O)c1ccc(OC)cc1)OCC. The molecule has 0 bridgehead atoms. The zero-order chi connectivity index (χ0) is 77.7. The van der Waals surface area contributed by atoms with Gasteiger partial charge in [0.2, 0.25) is 8.32 Å². The third-order valence-corrected chi connectivity index (χ3v) is 36.3. The van der Waals surface area contributed by atoms with E-state index >= 15 is 0 Å². The molecule has 0 saturated heterocycles. The van der Waals surface area contributed by atoms with Gasteiger partial charge in [-0.1, -0.05) is 78.5 Å². The Morgan fingerprint density at radius 3 is 1.12 bits per heavy atom. The second kappa shape index (κ2) is 45.9. The number of fused-ring (bicyclic) bond motifs is 2. The summed E-state index contributed by atoms with van der Waals surface area (Å²) in [6, 6.07) is 41.5. The minimum absolute atomic E-state index is 0.00877. The van der Waals surface area contributed by atoms with Crippen LogP contribution < -0.4 is 9.47 Å². The van der Waals surface area contributed by atoms with Gasteiger partial charge in [-0.05, 0) is 238 Å². The third kappa shape index (κ3) is 37.7. The molecule has 0 aliphatic rings. The largest absolute Gasteiger partial charge is 0.497 e. The lowest BCUT2D eigenvalue weighted by Crippen LogP contribution is -2.39. The molecule has 6 aromatic carbocycles. The molecule has 0 amide bonds. The van der Waals surface area contributed by atoms with Crippen molar-refractivity contribution < 1.29 is 87.3 Å². The third-order valence-electron chi connectivity index (χ3n) is 15.5. The number of methoxy groups -OCH3 is 2. The molecule has 0 aliphatic carbocycles. The Hall–Kier alpha value is -4.57. The van der Waals surface area contributed by atoms with E-state index in [1.807, 2.05) is 128 Å². The standard InChI is InChI=1S/C17H24O3SSi.C17H22O3SSi.2C15H26O5SSi.C9H20O4SSi/c2*1-4-20-22(2,3)13-7-12-21(18,19)17-11-10-15-8-5-6-9-16(15)14-17;1-5-20-22(3,4)12-6-11-21(16,17)15-9-7-14(8-10-15)19-13-18-2;1-5-19-22(4,20-6-2)13-7-12-21(16,17)15-10-8-14(18-3)9-11-15;1-5-12-15(4,13-6-2)9-7-8-14(3,10)11/h5-6,8-11,14H,4,7,12-13H2,1-3H3;5-11,13-14H,4,12H2,1-3H3;7-10H,5-6,11-13H2,1-4H3;8-11H,5-7,12-13H2,1-4H3;7,9H,5-6,8H2,1-4H3/b;13-7+;;;9-7+. The number of hydrogen-bond donors (Lipinski definition) is 0. The molecule has 6 aromatic rings. The Labute approximate surface area is 624 Å². The van der Waals surface area contributed by atoms with Crippen LogP contribution in [0.15, 0.2) is 177 Å². The molecule has 30 heteroatoms. The molecular formula is C73H118O20S5Si5. The van der Waals surface area contributed by atoms with Crippen molar-refractivity contribution in [1.82, 2.24) is 0 Å². The van der Waals surface area contributed by atoms with Crippen molar-refractivity contribution in [2.45, 2.75) is 158 Å². The van der Waals surface area contributed by atoms with Crippen molar-refractivity contribution in [1.29, 1.82) is 0 Å². The van der Waals surface area contributed by atoms with Crippen LogP contribution in [-0.4, -0.2) is 186 Å². The van der Waals surface area contributed by atoms with Gasteiger partial charge in [0.1, 0.15) is 11.5 Å². The molecule has 0 aliphatic heterocycles. The molecule has 20 nitrogen and oxygen atoms in total. The minimum atomic E-state index is -3.31. The molecule has 0 N–H and O–H groups in total. The number of benzene rings is 6. The minimum Gasteiger partial charge on any atom is -0.497 e. The first kappa shape index (κ1) is 94.5. The number of ether oxygens (including phenoxy) is 3. The highest BCUT2D eigenvalue weighted by Gasteiger charge is 2.32. The summed E-state index contributed by atoms with van der Waals surface area (Å²) in [5.41, 5.74) is 3.72. The molecule has 6 rings (SSSR count). The molecule has 0 radical (unpaired) electrons. The van der Waals surface area contributed by atoms with Gasteiger partial charge in [-0.25, -0.2) is 42.1 Å². The molecule has 0 spiro atoms. The number of hydrogen-bond acceptors (Lipinski definition) is 20. The molecule has 0 unspecified atom stereocenters. The van der Waals surface area contributed by atoms with E-state index in [9.17, 15) is 42.1 Å². The van der Waals surface area contributed by atoms with Gasteiger partial charge in [0, 0.05) is 59.6 Å². The molecular weight excluding hydrogens is 1500 g/mol. The van der Waals surface area contributed by atoms with Gasteiger partial charge in [0.25, 0.3) is 0 Å². The van der Waals surface area contributed by atoms with E-state index in [1.165, 1.54) is 13.4 Å². The fourth-order valence-corrected chi connectivity index (χ4v) is 27.0. The fourth-order valence-electron chi connectivity index (χ4n) is 10.5. The Bertz CT molecular complexity index is 4080. The van der Waals surface area contributed by atoms with Crippen LogP contribution >= 0.6 is 0 Å². The second-order valence-corrected chi connectivity index (χ2v) is 55.2. The average molecular weight is 1620 g/mol. The predicted octanol–water partition coefficient (Wildman–Crippen LogP) is 15.5. The van der Waals surface area contributed by atoms with E-state index < -0.39 is 91.3 Å². The summed E-state index contributed by atoms with van der Waals surface area (Å²) in [7, 11) is -22.8. The summed E-state index contributed by atoms with van der Waals surface area (Å²) in [6.45, 7) is 34.6. The van der Waals surface area contributed by atoms with Gasteiger partial charge in [0.15, 0.2) is 72.6 Å². The molecule has 0 atom stereocenters. The average Bonchev–Trinajstić information content (AvgIpc) is 0.811. The summed E-state index contributed by atoms with van der Waals surface area (Å²) in [6.07, 6.45) is 6.38. The lowest BCUT2D eigenvalue weighted by atomic mass is 10.1. The van der Waals surface area contributed by atoms with Gasteiger partial charge >= 0.3 is 17.1 Å². The Morgan fingerprint density at radius 2 is 0.728 bits per heavy atom. The molecule has 0 fully saturated rings. The zero-order valence-electron chi connectivity index (χ0n) is 64.2. The van der Waals surface area contributed by atoms with E-state index in [4.69, 9.17) is 45.2 Å². The monoisotopic (exact) mass is 1610 g/mol. The Balaban J connectivity index is 0.000000440. The van der Waals surface area contributed by atoms with Crippen molar-refractivity contribution in [2.75, 3.05) is 102 Å². The van der Waals surface area contributed by atoms with Crippen LogP contribution in [-0.2, 0) is 84.9 Å². The predicted molar refractivity (Wildman–Crippen MR) is 431 cm³/mol. The second-order valence-electron chi connectivity index (χ2n) is 26.0. The van der Waals surface area contributed by atoms with Crippen LogP contribution in [0.4, 0.5) is 0 Å². The van der Waals surface area contributed by atoms with Gasteiger partial charge < -0.3 is 45.2 Å². The van der Waals surface area contributed by atoms with Crippen LogP contribution in [0.3, 0.4) is 0 Å². The van der Waals surface area contributed by atoms with Gasteiger partial charge in [0.05, 0.1) is 55.5 Å².